The van der Waals surface area contributed by atoms with E-state index < -0.39 is 80.4 Å². The summed E-state index contributed by atoms with van der Waals surface area (Å²) >= 11 is 6.09. The lowest BCUT2D eigenvalue weighted by Crippen LogP contribution is -2.44. The first-order valence-electron chi connectivity index (χ1n) is 14.8. The van der Waals surface area contributed by atoms with Crippen molar-refractivity contribution in [1.29, 1.82) is 0 Å². The Morgan fingerprint density at radius 2 is 1.52 bits per heavy atom. The number of halogens is 7. The second-order valence-corrected chi connectivity index (χ2v) is 13.9. The van der Waals surface area contributed by atoms with E-state index in [0.29, 0.717) is 5.57 Å². The highest BCUT2D eigenvalue weighted by molar-refractivity contribution is 7.89. The molecule has 0 atom stereocenters. The molecule has 0 aliphatic rings. The van der Waals surface area contributed by atoms with Crippen LogP contribution in [0.4, 0.5) is 32.0 Å². The van der Waals surface area contributed by atoms with Crippen LogP contribution in [-0.2, 0) is 26.1 Å². The van der Waals surface area contributed by atoms with Crippen molar-refractivity contribution in [2.75, 3.05) is 24.6 Å². The van der Waals surface area contributed by atoms with E-state index in [1.54, 1.807) is 40.7 Å². The van der Waals surface area contributed by atoms with E-state index in [4.69, 9.17) is 21.1 Å². The Bertz CT molecular complexity index is 1920. The third kappa shape index (κ3) is 9.06. The predicted octanol–water partition coefficient (Wildman–Crippen LogP) is 7.89. The SMILES string of the molecule is C=C/C(=C\C)CN(C(=O)CN(Cc1ccc(F)cc1Cl)S(=O)(=O)c1c(F)c(F)c(F)c(F)c1F)c1ccc(C(=O)OC(C)(C)C)cc1OCC. The maximum Gasteiger partial charge on any atom is 0.338 e. The fraction of sp³-hybridized carbons (Fsp3) is 0.294. The number of sulfonamides is 1. The monoisotopic (exact) mass is 746 g/mol. The second-order valence-electron chi connectivity index (χ2n) is 11.6. The number of rotatable bonds is 13. The van der Waals surface area contributed by atoms with Crippen molar-refractivity contribution in [1.82, 2.24) is 4.31 Å². The van der Waals surface area contributed by atoms with Crippen molar-refractivity contribution >= 4 is 39.2 Å². The highest BCUT2D eigenvalue weighted by atomic mass is 35.5. The van der Waals surface area contributed by atoms with E-state index in [0.717, 1.165) is 23.1 Å². The number of benzene rings is 3. The lowest BCUT2D eigenvalue weighted by molar-refractivity contribution is -0.118. The quantitative estimate of drug-likeness (QED) is 0.0581. The minimum absolute atomic E-state index is 0.00115. The van der Waals surface area contributed by atoms with E-state index >= 15 is 0 Å². The molecule has 0 aromatic heterocycles. The molecule has 0 saturated carbocycles. The standard InChI is InChI=1S/C34H33ClF6N2O6S/c1-7-19(8-2)16-43(24-13-11-20(14-25(24)48-9-3)33(45)49-34(4,5)6)26(44)18-42(17-21-10-12-22(36)15-23(21)35)50(46,47)32-30(40)28(38)27(37)29(39)31(32)41/h7-8,10-15H,1,9,16-18H2,2-6H3/b19-8+. The maximum atomic E-state index is 14.9. The summed E-state index contributed by atoms with van der Waals surface area (Å²) in [7, 11) is -5.75. The third-order valence-electron chi connectivity index (χ3n) is 6.90. The molecule has 1 amide bonds. The van der Waals surface area contributed by atoms with Gasteiger partial charge in [0.15, 0.2) is 28.2 Å². The molecule has 0 heterocycles. The molecule has 0 unspecified atom stereocenters. The van der Waals surface area contributed by atoms with Gasteiger partial charge in [0, 0.05) is 11.6 Å². The molecule has 16 heteroatoms. The van der Waals surface area contributed by atoms with Crippen LogP contribution < -0.4 is 9.64 Å². The Hall–Kier alpha value is -4.34. The Morgan fingerprint density at radius 1 is 0.920 bits per heavy atom. The number of hydrogen-bond donors (Lipinski definition) is 0. The molecule has 3 aromatic carbocycles. The summed E-state index contributed by atoms with van der Waals surface area (Å²) in [6.45, 7) is 9.37. The largest absolute Gasteiger partial charge is 0.492 e. The van der Waals surface area contributed by atoms with Gasteiger partial charge in [0.1, 0.15) is 17.2 Å². The van der Waals surface area contributed by atoms with Crippen molar-refractivity contribution < 1.29 is 53.8 Å². The molecule has 0 radical (unpaired) electrons. The summed E-state index contributed by atoms with van der Waals surface area (Å²) in [6, 6.07) is 6.60. The Labute approximate surface area is 290 Å². The van der Waals surface area contributed by atoms with Crippen molar-refractivity contribution in [3.05, 3.63) is 112 Å². The van der Waals surface area contributed by atoms with E-state index in [2.05, 4.69) is 6.58 Å². The molecule has 0 fully saturated rings. The van der Waals surface area contributed by atoms with Crippen LogP contribution >= 0.6 is 11.6 Å². The maximum absolute atomic E-state index is 14.9. The van der Waals surface area contributed by atoms with Gasteiger partial charge in [-0.05, 0) is 76.1 Å². The van der Waals surface area contributed by atoms with Crippen molar-refractivity contribution in [2.24, 2.45) is 0 Å². The van der Waals surface area contributed by atoms with Gasteiger partial charge in [-0.1, -0.05) is 36.4 Å². The van der Waals surface area contributed by atoms with Crippen LogP contribution in [0, 0.1) is 34.9 Å². The third-order valence-corrected chi connectivity index (χ3v) is 9.06. The summed E-state index contributed by atoms with van der Waals surface area (Å²) in [4.78, 5) is 25.8. The first-order valence-corrected chi connectivity index (χ1v) is 16.6. The van der Waals surface area contributed by atoms with E-state index in [1.165, 1.54) is 24.3 Å². The lowest BCUT2D eigenvalue weighted by Gasteiger charge is -2.29. The van der Waals surface area contributed by atoms with E-state index in [1.807, 2.05) is 0 Å². The highest BCUT2D eigenvalue weighted by Gasteiger charge is 2.39. The fourth-order valence-corrected chi connectivity index (χ4v) is 6.19. The number of carbonyl (C=O) groups is 2. The number of hydrogen-bond acceptors (Lipinski definition) is 6. The van der Waals surface area contributed by atoms with Crippen LogP contribution in [0.15, 0.2) is 65.6 Å². The number of amides is 1. The number of ether oxygens (including phenoxy) is 2. The molecule has 0 saturated heterocycles. The van der Waals surface area contributed by atoms with Crippen LogP contribution in [0.25, 0.3) is 0 Å². The summed E-state index contributed by atoms with van der Waals surface area (Å²) in [6.07, 6.45) is 2.96. The molecule has 8 nitrogen and oxygen atoms in total. The van der Waals surface area contributed by atoms with Crippen molar-refractivity contribution in [3.8, 4) is 5.75 Å². The molecule has 50 heavy (non-hydrogen) atoms. The smallest absolute Gasteiger partial charge is 0.338 e. The summed E-state index contributed by atoms with van der Waals surface area (Å²) in [5.41, 5.74) is -0.578. The average molecular weight is 747 g/mol. The van der Waals surface area contributed by atoms with Gasteiger partial charge in [0.2, 0.25) is 21.7 Å². The van der Waals surface area contributed by atoms with Crippen LogP contribution in [0.3, 0.4) is 0 Å². The minimum atomic E-state index is -5.75. The average Bonchev–Trinajstić information content (AvgIpc) is 3.03. The van der Waals surface area contributed by atoms with Gasteiger partial charge >= 0.3 is 5.97 Å². The fourth-order valence-electron chi connectivity index (χ4n) is 4.48. The molecule has 3 aromatic rings. The molecule has 0 spiro atoms. The van der Waals surface area contributed by atoms with Gasteiger partial charge in [-0.25, -0.2) is 39.6 Å². The summed E-state index contributed by atoms with van der Waals surface area (Å²) in [5.74, 6) is -15.7. The van der Waals surface area contributed by atoms with E-state index in [-0.39, 0.29) is 45.0 Å². The second kappa shape index (κ2) is 16.1. The van der Waals surface area contributed by atoms with Crippen LogP contribution in [0.1, 0.15) is 50.5 Å². The molecule has 0 bridgehead atoms. The van der Waals surface area contributed by atoms with Gasteiger partial charge in [0.25, 0.3) is 0 Å². The zero-order valence-electron chi connectivity index (χ0n) is 27.6. The zero-order valence-corrected chi connectivity index (χ0v) is 29.1. The summed E-state index contributed by atoms with van der Waals surface area (Å²) < 4.78 is 125. The van der Waals surface area contributed by atoms with Gasteiger partial charge in [-0.15, -0.1) is 0 Å². The molecular formula is C34H33ClF6N2O6S. The molecule has 0 aliphatic carbocycles. The number of anilines is 1. The van der Waals surface area contributed by atoms with Crippen LogP contribution in [0.2, 0.25) is 5.02 Å². The molecule has 0 aliphatic heterocycles. The van der Waals surface area contributed by atoms with Gasteiger partial charge in [-0.2, -0.15) is 4.31 Å². The van der Waals surface area contributed by atoms with Crippen LogP contribution in [0.5, 0.6) is 5.75 Å². The van der Waals surface area contributed by atoms with Gasteiger partial charge in [-0.3, -0.25) is 4.79 Å². The van der Waals surface area contributed by atoms with Crippen LogP contribution in [-0.4, -0.2) is 49.9 Å². The molecule has 270 valence electrons. The Balaban J connectivity index is 2.24. The first-order chi connectivity index (χ1) is 23.3. The molecular weight excluding hydrogens is 714 g/mol. The zero-order chi connectivity index (χ0) is 37.7. The number of allylic oxidation sites excluding steroid dienone is 1. The lowest BCUT2D eigenvalue weighted by atomic mass is 10.1. The van der Waals surface area contributed by atoms with Crippen molar-refractivity contribution in [2.45, 2.75) is 51.7 Å². The normalized spacial score (nSPS) is 12.2. The number of esters is 1. The minimum Gasteiger partial charge on any atom is -0.492 e. The Kier molecular flexibility index (Phi) is 12.9. The van der Waals surface area contributed by atoms with Gasteiger partial charge < -0.3 is 14.4 Å². The molecule has 0 N–H and O–H groups in total. The van der Waals surface area contributed by atoms with E-state index in [9.17, 15) is 44.3 Å². The topological polar surface area (TPSA) is 93.2 Å². The first kappa shape index (κ1) is 40.1. The van der Waals surface area contributed by atoms with Crippen molar-refractivity contribution in [3.63, 3.8) is 0 Å². The molecule has 3 rings (SSSR count). The summed E-state index contributed by atoms with van der Waals surface area (Å²) in [5, 5.41) is -0.369. The number of nitrogens with zero attached hydrogens (tertiary/aromatic N) is 2. The predicted molar refractivity (Wildman–Crippen MR) is 174 cm³/mol. The van der Waals surface area contributed by atoms with Gasteiger partial charge in [0.05, 0.1) is 30.9 Å². The number of carbonyl (C=O) groups excluding carboxylic acids is 2. The highest BCUT2D eigenvalue weighted by Crippen LogP contribution is 2.34. The Morgan fingerprint density at radius 3 is 2.04 bits per heavy atom.